The van der Waals surface area contributed by atoms with Crippen LogP contribution in [0.3, 0.4) is 0 Å². The van der Waals surface area contributed by atoms with E-state index in [0.29, 0.717) is 13.2 Å². The summed E-state index contributed by atoms with van der Waals surface area (Å²) in [6.45, 7) is 1.87. The number of benzene rings is 2. The van der Waals surface area contributed by atoms with Gasteiger partial charge in [-0.1, -0.05) is 24.3 Å². The lowest BCUT2D eigenvalue weighted by atomic mass is 9.99. The molecule has 0 bridgehead atoms. The van der Waals surface area contributed by atoms with Gasteiger partial charge in [-0.3, -0.25) is 4.79 Å². The zero-order chi connectivity index (χ0) is 17.2. The monoisotopic (exact) mass is 337 g/mol. The Morgan fingerprint density at radius 2 is 2.12 bits per heavy atom. The second-order valence-electron chi connectivity index (χ2n) is 6.67. The van der Waals surface area contributed by atoms with Gasteiger partial charge in [0.1, 0.15) is 5.75 Å². The third-order valence-corrected chi connectivity index (χ3v) is 5.01. The van der Waals surface area contributed by atoms with Crippen LogP contribution in [-0.2, 0) is 11.2 Å². The quantitative estimate of drug-likeness (QED) is 0.845. The lowest BCUT2D eigenvalue weighted by Gasteiger charge is -2.32. The summed E-state index contributed by atoms with van der Waals surface area (Å²) in [5.74, 6) is 0.909. The number of hydrogen-bond acceptors (Lipinski definition) is 4. The number of amides is 1. The van der Waals surface area contributed by atoms with Crippen LogP contribution in [0.4, 0.5) is 11.4 Å². The van der Waals surface area contributed by atoms with Crippen molar-refractivity contribution in [2.24, 2.45) is 0 Å². The van der Waals surface area contributed by atoms with Gasteiger partial charge in [0, 0.05) is 29.9 Å². The lowest BCUT2D eigenvalue weighted by Crippen LogP contribution is -2.42. The molecule has 0 spiro atoms. The van der Waals surface area contributed by atoms with E-state index in [9.17, 15) is 4.79 Å². The molecule has 2 aliphatic heterocycles. The minimum atomic E-state index is 0.0163. The van der Waals surface area contributed by atoms with Gasteiger partial charge >= 0.3 is 0 Å². The molecule has 1 unspecified atom stereocenters. The predicted molar refractivity (Wildman–Crippen MR) is 98.8 cm³/mol. The molecule has 0 saturated heterocycles. The number of anilines is 2. The van der Waals surface area contributed by atoms with Crippen molar-refractivity contribution in [2.45, 2.75) is 25.3 Å². The van der Waals surface area contributed by atoms with Gasteiger partial charge in [0.25, 0.3) is 0 Å². The number of rotatable bonds is 3. The number of ether oxygens (including phenoxy) is 1. The maximum Gasteiger partial charge on any atom is 0.240 e. The molecule has 1 atom stereocenters. The van der Waals surface area contributed by atoms with E-state index < -0.39 is 0 Å². The van der Waals surface area contributed by atoms with E-state index in [1.54, 1.807) is 0 Å². The van der Waals surface area contributed by atoms with E-state index in [1.807, 2.05) is 36.4 Å². The zero-order valence-electron chi connectivity index (χ0n) is 14.2. The van der Waals surface area contributed by atoms with Crippen molar-refractivity contribution >= 4 is 17.3 Å². The number of carbonyl (C=O) groups excluding carboxylic acids is 1. The highest BCUT2D eigenvalue weighted by Crippen LogP contribution is 2.33. The first-order valence-electron chi connectivity index (χ1n) is 8.86. The van der Waals surface area contributed by atoms with Gasteiger partial charge in [0.15, 0.2) is 0 Å². The fourth-order valence-electron chi connectivity index (χ4n) is 3.80. The van der Waals surface area contributed by atoms with Crippen LogP contribution in [-0.4, -0.2) is 25.6 Å². The molecule has 3 N–H and O–H groups in total. The topological polar surface area (TPSA) is 67.6 Å². The van der Waals surface area contributed by atoms with Crippen molar-refractivity contribution in [3.05, 3.63) is 53.6 Å². The number of nitrogen functional groups attached to an aromatic ring is 1. The second-order valence-corrected chi connectivity index (χ2v) is 6.67. The Hall–Kier alpha value is -2.69. The van der Waals surface area contributed by atoms with Crippen LogP contribution < -0.4 is 20.7 Å². The third kappa shape index (κ3) is 3.14. The molecule has 4 rings (SSSR count). The Morgan fingerprint density at radius 3 is 3.04 bits per heavy atom. The summed E-state index contributed by atoms with van der Waals surface area (Å²) in [6.07, 6.45) is 2.80. The molecule has 2 aromatic rings. The summed E-state index contributed by atoms with van der Waals surface area (Å²) in [5.41, 5.74) is 10.2. The van der Waals surface area contributed by atoms with E-state index in [2.05, 4.69) is 16.3 Å². The molecule has 25 heavy (non-hydrogen) atoms. The number of carbonyl (C=O) groups is 1. The van der Waals surface area contributed by atoms with Gasteiger partial charge in [0.05, 0.1) is 19.2 Å². The zero-order valence-corrected chi connectivity index (χ0v) is 14.2. The number of nitrogens with zero attached hydrogens (tertiary/aromatic N) is 1. The molecule has 0 fully saturated rings. The van der Waals surface area contributed by atoms with Crippen molar-refractivity contribution in [1.29, 1.82) is 0 Å². The smallest absolute Gasteiger partial charge is 0.240 e. The highest BCUT2D eigenvalue weighted by atomic mass is 16.5. The molecular weight excluding hydrogens is 314 g/mol. The van der Waals surface area contributed by atoms with Crippen LogP contribution in [0.5, 0.6) is 5.75 Å². The highest BCUT2D eigenvalue weighted by molar-refractivity contribution is 5.83. The van der Waals surface area contributed by atoms with Crippen LogP contribution in [0.25, 0.3) is 0 Å². The highest BCUT2D eigenvalue weighted by Gasteiger charge is 2.25. The summed E-state index contributed by atoms with van der Waals surface area (Å²) < 4.78 is 5.67. The van der Waals surface area contributed by atoms with E-state index in [1.165, 1.54) is 0 Å². The van der Waals surface area contributed by atoms with Crippen molar-refractivity contribution in [3.63, 3.8) is 0 Å². The lowest BCUT2D eigenvalue weighted by molar-refractivity contribution is -0.120. The van der Waals surface area contributed by atoms with E-state index >= 15 is 0 Å². The fourth-order valence-corrected chi connectivity index (χ4v) is 3.80. The summed E-state index contributed by atoms with van der Waals surface area (Å²) in [7, 11) is 0. The molecule has 5 heteroatoms. The van der Waals surface area contributed by atoms with Crippen LogP contribution in [0.2, 0.25) is 0 Å². The Kier molecular flexibility index (Phi) is 4.22. The van der Waals surface area contributed by atoms with E-state index in [4.69, 9.17) is 10.5 Å². The minimum absolute atomic E-state index is 0.0163. The number of hydrogen-bond donors (Lipinski definition) is 2. The SMILES string of the molecule is Nc1cccc2c1CCCN2CC(=O)NC1CCOc2ccccc21. The van der Waals surface area contributed by atoms with Crippen LogP contribution in [0, 0.1) is 0 Å². The van der Waals surface area contributed by atoms with Crippen LogP contribution in [0.15, 0.2) is 42.5 Å². The van der Waals surface area contributed by atoms with Crippen LogP contribution in [0.1, 0.15) is 30.0 Å². The van der Waals surface area contributed by atoms with Crippen LogP contribution >= 0.6 is 0 Å². The van der Waals surface area contributed by atoms with Crippen molar-refractivity contribution in [1.82, 2.24) is 5.32 Å². The summed E-state index contributed by atoms with van der Waals surface area (Å²) in [6, 6.07) is 13.9. The number of nitrogens with two attached hydrogens (primary N) is 1. The van der Waals surface area contributed by atoms with Gasteiger partial charge < -0.3 is 20.7 Å². The van der Waals surface area contributed by atoms with Gasteiger partial charge in [-0.25, -0.2) is 0 Å². The maximum atomic E-state index is 12.7. The Morgan fingerprint density at radius 1 is 1.24 bits per heavy atom. The molecule has 5 nitrogen and oxygen atoms in total. The molecule has 2 heterocycles. The maximum absolute atomic E-state index is 12.7. The summed E-state index contributed by atoms with van der Waals surface area (Å²) in [5, 5.41) is 3.18. The Labute approximate surface area is 147 Å². The fraction of sp³-hybridized carbons (Fsp3) is 0.350. The number of para-hydroxylation sites is 1. The van der Waals surface area contributed by atoms with E-state index in [0.717, 1.165) is 54.1 Å². The summed E-state index contributed by atoms with van der Waals surface area (Å²) >= 11 is 0. The Balaban J connectivity index is 1.47. The molecule has 2 aromatic carbocycles. The molecule has 0 saturated carbocycles. The summed E-state index contributed by atoms with van der Waals surface area (Å²) in [4.78, 5) is 14.8. The minimum Gasteiger partial charge on any atom is -0.493 e. The van der Waals surface area contributed by atoms with Gasteiger partial charge in [-0.15, -0.1) is 0 Å². The first-order valence-corrected chi connectivity index (χ1v) is 8.86. The normalized spacial score (nSPS) is 18.7. The standard InChI is InChI=1S/C20H23N3O2/c21-16-7-3-8-18-14(16)6-4-11-23(18)13-20(24)22-17-10-12-25-19-9-2-1-5-15(17)19/h1-3,5,7-9,17H,4,6,10-13,21H2,(H,22,24). The van der Waals surface area contributed by atoms with Gasteiger partial charge in [-0.2, -0.15) is 0 Å². The second kappa shape index (κ2) is 6.67. The average molecular weight is 337 g/mol. The molecule has 0 aliphatic carbocycles. The molecule has 0 aromatic heterocycles. The largest absolute Gasteiger partial charge is 0.493 e. The molecular formula is C20H23N3O2. The Bertz CT molecular complexity index is 790. The number of fused-ring (bicyclic) bond motifs is 2. The first kappa shape index (κ1) is 15.8. The molecule has 130 valence electrons. The molecule has 2 aliphatic rings. The van der Waals surface area contributed by atoms with Crippen molar-refractivity contribution < 1.29 is 9.53 Å². The molecule has 1 amide bonds. The van der Waals surface area contributed by atoms with Gasteiger partial charge in [0.2, 0.25) is 5.91 Å². The molecule has 0 radical (unpaired) electrons. The average Bonchev–Trinajstić information content (AvgIpc) is 2.63. The number of nitrogens with one attached hydrogen (secondary N) is 1. The predicted octanol–water partition coefficient (Wildman–Crippen LogP) is 2.66. The van der Waals surface area contributed by atoms with E-state index in [-0.39, 0.29) is 11.9 Å². The van der Waals surface area contributed by atoms with Crippen molar-refractivity contribution in [3.8, 4) is 5.75 Å². The van der Waals surface area contributed by atoms with Crippen molar-refractivity contribution in [2.75, 3.05) is 30.3 Å². The van der Waals surface area contributed by atoms with Gasteiger partial charge in [-0.05, 0) is 36.6 Å². The first-order chi connectivity index (χ1) is 12.2. The third-order valence-electron chi connectivity index (χ3n) is 5.01.